The van der Waals surface area contributed by atoms with Crippen LogP contribution in [0.5, 0.6) is 0 Å². The van der Waals surface area contributed by atoms with Gasteiger partial charge in [0, 0.05) is 6.08 Å². The van der Waals surface area contributed by atoms with E-state index in [2.05, 4.69) is 4.84 Å². The van der Waals surface area contributed by atoms with Gasteiger partial charge in [0.25, 0.3) is 0 Å². The number of alkyl halides is 3. The first-order valence-corrected chi connectivity index (χ1v) is 2.16. The third-order valence-electron chi connectivity index (χ3n) is 0.779. The van der Waals surface area contributed by atoms with Gasteiger partial charge in [-0.05, 0) is 0 Å². The second-order valence-electron chi connectivity index (χ2n) is 1.44. The number of hydrogen-bond acceptors (Lipinski definition) is 2. The Hall–Kier alpha value is -0.710. The standard InChI is InChI=1S/C4H3F3NO/c5-4(6,7)3-1-2-9-8-3/h8H,2H2. The molecular weight excluding hydrogens is 135 g/mol. The monoisotopic (exact) mass is 138 g/mol. The highest BCUT2D eigenvalue weighted by Gasteiger charge is 2.36. The highest BCUT2D eigenvalue weighted by molar-refractivity contribution is 5.02. The molecule has 0 spiro atoms. The van der Waals surface area contributed by atoms with Crippen molar-refractivity contribution in [3.63, 3.8) is 0 Å². The molecule has 2 nitrogen and oxygen atoms in total. The van der Waals surface area contributed by atoms with E-state index in [0.29, 0.717) is 0 Å². The van der Waals surface area contributed by atoms with E-state index in [-0.39, 0.29) is 6.61 Å². The maximum atomic E-state index is 11.5. The van der Waals surface area contributed by atoms with Gasteiger partial charge in [-0.2, -0.15) is 13.2 Å². The van der Waals surface area contributed by atoms with Gasteiger partial charge >= 0.3 is 6.18 Å². The summed E-state index contributed by atoms with van der Waals surface area (Å²) in [6, 6.07) is 0. The number of rotatable bonds is 0. The van der Waals surface area contributed by atoms with Crippen LogP contribution in [0.15, 0.2) is 5.70 Å². The summed E-state index contributed by atoms with van der Waals surface area (Å²) in [5.41, 5.74) is 0.735. The molecule has 1 aliphatic rings. The molecule has 0 aromatic carbocycles. The van der Waals surface area contributed by atoms with Gasteiger partial charge in [-0.3, -0.25) is 10.3 Å². The summed E-state index contributed by atoms with van der Waals surface area (Å²) in [5.74, 6) is 0. The van der Waals surface area contributed by atoms with E-state index in [1.165, 1.54) is 0 Å². The van der Waals surface area contributed by atoms with E-state index < -0.39 is 11.9 Å². The van der Waals surface area contributed by atoms with Crippen molar-refractivity contribution in [1.82, 2.24) is 5.48 Å². The minimum absolute atomic E-state index is 0.144. The zero-order valence-corrected chi connectivity index (χ0v) is 4.25. The highest BCUT2D eigenvalue weighted by Crippen LogP contribution is 2.24. The minimum atomic E-state index is -4.35. The van der Waals surface area contributed by atoms with E-state index in [0.717, 1.165) is 0 Å². The van der Waals surface area contributed by atoms with Gasteiger partial charge in [0.2, 0.25) is 0 Å². The Bertz CT molecular complexity index is 139. The number of allylic oxidation sites excluding steroid dienone is 1. The summed E-state index contributed by atoms with van der Waals surface area (Å²) in [4.78, 5) is 4.17. The largest absolute Gasteiger partial charge is 0.433 e. The molecule has 1 aliphatic heterocycles. The second-order valence-corrected chi connectivity index (χ2v) is 1.44. The first kappa shape index (κ1) is 6.41. The van der Waals surface area contributed by atoms with Crippen LogP contribution < -0.4 is 5.48 Å². The molecule has 0 saturated heterocycles. The lowest BCUT2D eigenvalue weighted by Gasteiger charge is -2.05. The molecular formula is C4H3F3NO. The molecule has 0 fully saturated rings. The van der Waals surface area contributed by atoms with Gasteiger partial charge in [0.15, 0.2) is 0 Å². The molecule has 0 amide bonds. The number of nitrogens with one attached hydrogen (secondary N) is 1. The third-order valence-corrected chi connectivity index (χ3v) is 0.779. The van der Waals surface area contributed by atoms with Crippen LogP contribution in [0, 0.1) is 6.08 Å². The van der Waals surface area contributed by atoms with Crippen LogP contribution in [0.1, 0.15) is 0 Å². The molecule has 1 N–H and O–H groups in total. The van der Waals surface area contributed by atoms with Crippen LogP contribution in [-0.4, -0.2) is 12.8 Å². The Morgan fingerprint density at radius 1 is 1.56 bits per heavy atom. The van der Waals surface area contributed by atoms with Crippen molar-refractivity contribution in [2.75, 3.05) is 6.61 Å². The molecule has 1 heterocycles. The molecule has 0 aliphatic carbocycles. The van der Waals surface area contributed by atoms with E-state index >= 15 is 0 Å². The zero-order valence-electron chi connectivity index (χ0n) is 4.25. The molecule has 51 valence electrons. The molecule has 1 rings (SSSR count). The second kappa shape index (κ2) is 1.91. The van der Waals surface area contributed by atoms with Gasteiger partial charge in [-0.1, -0.05) is 0 Å². The van der Waals surface area contributed by atoms with Gasteiger partial charge < -0.3 is 0 Å². The molecule has 0 unspecified atom stereocenters. The lowest BCUT2D eigenvalue weighted by Crippen LogP contribution is -2.21. The maximum absolute atomic E-state index is 11.5. The summed E-state index contributed by atoms with van der Waals surface area (Å²) in [6.45, 7) is -0.144. The molecule has 0 aromatic heterocycles. The summed E-state index contributed by atoms with van der Waals surface area (Å²) < 4.78 is 34.6. The molecule has 1 radical (unpaired) electrons. The summed E-state index contributed by atoms with van der Waals surface area (Å²) in [6.07, 6.45) is -2.40. The SMILES string of the molecule is FC(F)(F)C1=[C]CON1. The van der Waals surface area contributed by atoms with Crippen LogP contribution in [0.3, 0.4) is 0 Å². The highest BCUT2D eigenvalue weighted by atomic mass is 19.4. The zero-order chi connectivity index (χ0) is 6.91. The Morgan fingerprint density at radius 3 is 2.44 bits per heavy atom. The van der Waals surface area contributed by atoms with Gasteiger partial charge in [-0.15, -0.1) is 0 Å². The average Bonchev–Trinajstić information content (AvgIpc) is 2.08. The number of halogens is 3. The van der Waals surface area contributed by atoms with Crippen molar-refractivity contribution in [2.45, 2.75) is 6.18 Å². The van der Waals surface area contributed by atoms with Crippen LogP contribution in [-0.2, 0) is 4.84 Å². The average molecular weight is 138 g/mol. The van der Waals surface area contributed by atoms with Crippen molar-refractivity contribution in [3.8, 4) is 0 Å². The van der Waals surface area contributed by atoms with Crippen LogP contribution in [0.4, 0.5) is 13.2 Å². The van der Waals surface area contributed by atoms with Crippen LogP contribution in [0.2, 0.25) is 0 Å². The molecule has 0 atom stereocenters. The fraction of sp³-hybridized carbons (Fsp3) is 0.500. The van der Waals surface area contributed by atoms with Crippen molar-refractivity contribution in [2.24, 2.45) is 0 Å². The van der Waals surface area contributed by atoms with Crippen molar-refractivity contribution >= 4 is 0 Å². The third kappa shape index (κ3) is 1.35. The fourth-order valence-electron chi connectivity index (χ4n) is 0.411. The van der Waals surface area contributed by atoms with Crippen LogP contribution in [0.25, 0.3) is 0 Å². The van der Waals surface area contributed by atoms with Crippen molar-refractivity contribution in [3.05, 3.63) is 11.8 Å². The number of hydrogen-bond donors (Lipinski definition) is 1. The molecule has 0 bridgehead atoms. The van der Waals surface area contributed by atoms with Gasteiger partial charge in [0.1, 0.15) is 12.3 Å². The maximum Gasteiger partial charge on any atom is 0.433 e. The predicted molar refractivity (Wildman–Crippen MR) is 21.9 cm³/mol. The quantitative estimate of drug-likeness (QED) is 0.533. The van der Waals surface area contributed by atoms with E-state index in [9.17, 15) is 13.2 Å². The van der Waals surface area contributed by atoms with Gasteiger partial charge in [-0.25, -0.2) is 0 Å². The Kier molecular flexibility index (Phi) is 1.36. The fourth-order valence-corrected chi connectivity index (χ4v) is 0.411. The smallest absolute Gasteiger partial charge is 0.271 e. The first-order chi connectivity index (χ1) is 4.11. The van der Waals surface area contributed by atoms with E-state index in [1.807, 2.05) is 6.08 Å². The summed E-state index contributed by atoms with van der Waals surface area (Å²) >= 11 is 0. The normalized spacial score (nSPS) is 19.2. The summed E-state index contributed by atoms with van der Waals surface area (Å²) in [7, 11) is 0. The molecule has 9 heavy (non-hydrogen) atoms. The van der Waals surface area contributed by atoms with E-state index in [1.54, 1.807) is 5.48 Å². The summed E-state index contributed by atoms with van der Waals surface area (Å²) in [5, 5.41) is 0. The lowest BCUT2D eigenvalue weighted by molar-refractivity contribution is -0.107. The topological polar surface area (TPSA) is 21.3 Å². The Labute approximate surface area is 49.3 Å². The minimum Gasteiger partial charge on any atom is -0.271 e. The van der Waals surface area contributed by atoms with Crippen molar-refractivity contribution < 1.29 is 18.0 Å². The van der Waals surface area contributed by atoms with Gasteiger partial charge in [0.05, 0.1) is 0 Å². The number of hydroxylamine groups is 1. The Balaban J connectivity index is 2.61. The molecule has 0 saturated carbocycles. The first-order valence-electron chi connectivity index (χ1n) is 2.16. The predicted octanol–water partition coefficient (Wildman–Crippen LogP) is 0.771. The lowest BCUT2D eigenvalue weighted by atomic mass is 10.4. The molecule has 5 heteroatoms. The molecule has 0 aromatic rings. The van der Waals surface area contributed by atoms with E-state index in [4.69, 9.17) is 0 Å². The van der Waals surface area contributed by atoms with Crippen LogP contribution >= 0.6 is 0 Å². The van der Waals surface area contributed by atoms with Crippen molar-refractivity contribution in [1.29, 1.82) is 0 Å². The Morgan fingerprint density at radius 2 is 2.22 bits per heavy atom.